The Morgan fingerprint density at radius 2 is 2.00 bits per heavy atom. The Morgan fingerprint density at radius 1 is 1.21 bits per heavy atom. The lowest BCUT2D eigenvalue weighted by Crippen LogP contribution is -2.56. The normalized spacial score (nSPS) is 23.5. The first kappa shape index (κ1) is 20.7. The number of carbonyl (C=O) groups excluding carboxylic acids is 1. The Hall–Kier alpha value is -2.92. The van der Waals surface area contributed by atoms with Crippen molar-refractivity contribution in [1.82, 2.24) is 19.7 Å². The number of pyridine rings is 1. The maximum atomic E-state index is 13.8. The number of nitrogens with zero attached hydrogens (tertiary/aromatic N) is 5. The van der Waals surface area contributed by atoms with E-state index < -0.39 is 6.17 Å². The predicted molar refractivity (Wildman–Crippen MR) is 123 cm³/mol. The lowest BCUT2D eigenvalue weighted by molar-refractivity contribution is -0.0660. The molecule has 4 aliphatic rings. The first-order chi connectivity index (χ1) is 16.1. The van der Waals surface area contributed by atoms with E-state index in [2.05, 4.69) is 30.5 Å². The van der Waals surface area contributed by atoms with Gasteiger partial charge in [-0.05, 0) is 24.3 Å². The quantitative estimate of drug-likeness (QED) is 0.617. The number of piperazine rings is 1. The van der Waals surface area contributed by atoms with Crippen LogP contribution in [0, 0.1) is 0 Å². The highest BCUT2D eigenvalue weighted by Gasteiger charge is 2.34. The van der Waals surface area contributed by atoms with Crippen LogP contribution in [0.3, 0.4) is 0 Å². The fraction of sp³-hybridized carbons (Fsp3) is 0.591. The fourth-order valence-electron chi connectivity index (χ4n) is 5.01. The van der Waals surface area contributed by atoms with Gasteiger partial charge in [-0.1, -0.05) is 0 Å². The predicted octanol–water partition coefficient (Wildman–Crippen LogP) is 1.27. The third-order valence-electron chi connectivity index (χ3n) is 7.05. The van der Waals surface area contributed by atoms with Crippen molar-refractivity contribution >= 4 is 28.9 Å². The Kier molecular flexibility index (Phi) is 5.10. The van der Waals surface area contributed by atoms with Crippen LogP contribution in [0.15, 0.2) is 12.4 Å². The smallest absolute Gasteiger partial charge is 0.263 e. The van der Waals surface area contributed by atoms with E-state index in [4.69, 9.17) is 10.5 Å². The van der Waals surface area contributed by atoms with Gasteiger partial charge in [0.2, 0.25) is 0 Å². The molecule has 1 saturated carbocycles. The number of rotatable bonds is 5. The van der Waals surface area contributed by atoms with Crippen LogP contribution in [0.5, 0.6) is 0 Å². The minimum Gasteiger partial charge on any atom is -0.381 e. The van der Waals surface area contributed by atoms with Crippen molar-refractivity contribution < 1.29 is 13.9 Å². The van der Waals surface area contributed by atoms with E-state index in [0.29, 0.717) is 23.5 Å². The monoisotopic (exact) mass is 456 g/mol. The topological polar surface area (TPSA) is 114 Å². The number of nitrogens with one attached hydrogen (secondary N) is 2. The summed E-state index contributed by atoms with van der Waals surface area (Å²) in [7, 11) is 0. The minimum absolute atomic E-state index is 0.0834. The summed E-state index contributed by atoms with van der Waals surface area (Å²) in [6.45, 7) is 5.54. The summed E-state index contributed by atoms with van der Waals surface area (Å²) < 4.78 is 20.5. The summed E-state index contributed by atoms with van der Waals surface area (Å²) >= 11 is 0. The average Bonchev–Trinajstić information content (AvgIpc) is 3.55. The second-order valence-electron chi connectivity index (χ2n) is 9.34. The first-order valence-corrected chi connectivity index (χ1v) is 11.7. The van der Waals surface area contributed by atoms with Crippen LogP contribution in [0.25, 0.3) is 0 Å². The number of anilines is 4. The Balaban J connectivity index is 1.27. The molecule has 0 aromatic carbocycles. The number of fused-ring (bicyclic) bond motifs is 1. The molecule has 10 nitrogen and oxygen atoms in total. The summed E-state index contributed by atoms with van der Waals surface area (Å²) in [4.78, 5) is 22.6. The molecule has 176 valence electrons. The number of aromatic nitrogens is 3. The Morgan fingerprint density at radius 3 is 2.70 bits per heavy atom. The molecule has 4 N–H and O–H groups in total. The van der Waals surface area contributed by atoms with Gasteiger partial charge in [-0.25, -0.2) is 9.07 Å². The largest absolute Gasteiger partial charge is 0.381 e. The third-order valence-corrected chi connectivity index (χ3v) is 7.05. The van der Waals surface area contributed by atoms with Crippen LogP contribution in [0.2, 0.25) is 0 Å². The summed E-state index contributed by atoms with van der Waals surface area (Å²) in [5, 5.41) is 10.2. The van der Waals surface area contributed by atoms with Crippen molar-refractivity contribution in [3.05, 3.63) is 23.5 Å². The third kappa shape index (κ3) is 3.78. The molecule has 0 radical (unpaired) electrons. The maximum absolute atomic E-state index is 13.8. The van der Waals surface area contributed by atoms with Crippen LogP contribution in [0.1, 0.15) is 34.7 Å². The molecule has 2 aromatic heterocycles. The standard InChI is InChI=1S/C22H29FN8O2/c23-14-7-26-21-18(20(24)28-31(21)10-14)22(32)27-17-9-25-8-16(13-1-2-13)19(17)30-5-3-29(4-6-30)15-11-33-12-15/h8-9,13-15,26H,1-7,10-12H2,(H2,24,28)(H,27,32). The van der Waals surface area contributed by atoms with E-state index >= 15 is 0 Å². The van der Waals surface area contributed by atoms with Gasteiger partial charge in [0.15, 0.2) is 5.82 Å². The zero-order chi connectivity index (χ0) is 22.5. The van der Waals surface area contributed by atoms with Crippen molar-refractivity contribution in [3.8, 4) is 0 Å². The molecule has 2 saturated heterocycles. The van der Waals surface area contributed by atoms with Crippen molar-refractivity contribution in [1.29, 1.82) is 0 Å². The molecule has 1 atom stereocenters. The molecule has 11 heteroatoms. The average molecular weight is 457 g/mol. The molecule has 0 bridgehead atoms. The Bertz CT molecular complexity index is 1060. The molecule has 3 fully saturated rings. The number of nitrogens with two attached hydrogens (primary N) is 1. The van der Waals surface area contributed by atoms with E-state index in [1.807, 2.05) is 6.20 Å². The minimum atomic E-state index is -1.07. The second kappa shape index (κ2) is 8.14. The molecule has 1 unspecified atom stereocenters. The van der Waals surface area contributed by atoms with Gasteiger partial charge >= 0.3 is 0 Å². The molecular weight excluding hydrogens is 427 g/mol. The van der Waals surface area contributed by atoms with E-state index in [-0.39, 0.29) is 30.4 Å². The van der Waals surface area contributed by atoms with Crippen LogP contribution >= 0.6 is 0 Å². The van der Waals surface area contributed by atoms with Crippen molar-refractivity contribution in [2.75, 3.05) is 67.2 Å². The molecule has 0 spiro atoms. The van der Waals surface area contributed by atoms with Gasteiger partial charge in [-0.3, -0.25) is 14.7 Å². The molecule has 33 heavy (non-hydrogen) atoms. The highest BCUT2D eigenvalue weighted by Crippen LogP contribution is 2.46. The molecule has 3 aliphatic heterocycles. The first-order valence-electron chi connectivity index (χ1n) is 11.7. The van der Waals surface area contributed by atoms with Crippen molar-refractivity contribution in [2.24, 2.45) is 0 Å². The van der Waals surface area contributed by atoms with Gasteiger partial charge in [0, 0.05) is 38.9 Å². The maximum Gasteiger partial charge on any atom is 0.263 e. The zero-order valence-corrected chi connectivity index (χ0v) is 18.5. The molecule has 2 aromatic rings. The van der Waals surface area contributed by atoms with E-state index in [0.717, 1.165) is 57.9 Å². The van der Waals surface area contributed by atoms with E-state index in [9.17, 15) is 9.18 Å². The number of nitrogen functional groups attached to an aromatic ring is 1. The summed E-state index contributed by atoms with van der Waals surface area (Å²) in [5.74, 6) is 0.677. The van der Waals surface area contributed by atoms with Crippen LogP contribution in [-0.2, 0) is 11.3 Å². The second-order valence-corrected chi connectivity index (χ2v) is 9.34. The van der Waals surface area contributed by atoms with Gasteiger partial charge in [0.25, 0.3) is 5.91 Å². The number of carbonyl (C=O) groups is 1. The van der Waals surface area contributed by atoms with Crippen LogP contribution in [-0.4, -0.2) is 83.7 Å². The van der Waals surface area contributed by atoms with Crippen LogP contribution in [0.4, 0.5) is 27.4 Å². The highest BCUT2D eigenvalue weighted by molar-refractivity contribution is 6.12. The van der Waals surface area contributed by atoms with Crippen molar-refractivity contribution in [2.45, 2.75) is 37.5 Å². The van der Waals surface area contributed by atoms with Gasteiger partial charge in [0.05, 0.1) is 43.4 Å². The van der Waals surface area contributed by atoms with Gasteiger partial charge in [-0.15, -0.1) is 0 Å². The van der Waals surface area contributed by atoms with E-state index in [1.54, 1.807) is 6.20 Å². The number of halogens is 1. The number of ether oxygens (including phenoxy) is 1. The SMILES string of the molecule is Nc1nn2c(c1C(=O)Nc1cncc(C3CC3)c1N1CCN(C3COC3)CC1)NCC(F)C2. The fourth-order valence-corrected chi connectivity index (χ4v) is 5.01. The number of hydrogen-bond acceptors (Lipinski definition) is 8. The lowest BCUT2D eigenvalue weighted by atomic mass is 10.1. The Labute approximate surface area is 191 Å². The summed E-state index contributed by atoms with van der Waals surface area (Å²) in [6.07, 6.45) is 4.87. The van der Waals surface area contributed by atoms with Crippen molar-refractivity contribution in [3.63, 3.8) is 0 Å². The lowest BCUT2D eigenvalue weighted by Gasteiger charge is -2.43. The van der Waals surface area contributed by atoms with Crippen LogP contribution < -0.4 is 21.3 Å². The molecular formula is C22H29FN8O2. The zero-order valence-electron chi connectivity index (χ0n) is 18.5. The molecule has 1 aliphatic carbocycles. The summed E-state index contributed by atoms with van der Waals surface area (Å²) in [6, 6.07) is 0.527. The number of hydrogen-bond donors (Lipinski definition) is 3. The number of alkyl halides is 1. The molecule has 1 amide bonds. The highest BCUT2D eigenvalue weighted by atomic mass is 19.1. The summed E-state index contributed by atoms with van der Waals surface area (Å²) in [5.41, 5.74) is 9.24. The van der Waals surface area contributed by atoms with Gasteiger partial charge in [0.1, 0.15) is 17.6 Å². The number of amides is 1. The van der Waals surface area contributed by atoms with Gasteiger partial charge in [-0.2, -0.15) is 5.10 Å². The van der Waals surface area contributed by atoms with E-state index in [1.165, 1.54) is 10.2 Å². The molecule has 5 heterocycles. The molecule has 6 rings (SSSR count). The van der Waals surface area contributed by atoms with Gasteiger partial charge < -0.3 is 26.0 Å².